The van der Waals surface area contributed by atoms with Gasteiger partial charge < -0.3 is 9.97 Å². The summed E-state index contributed by atoms with van der Waals surface area (Å²) in [7, 11) is 0. The molecular weight excluding hydrogens is 300 g/mol. The van der Waals surface area contributed by atoms with E-state index in [1.165, 1.54) is 0 Å². The lowest BCUT2D eigenvalue weighted by atomic mass is 10.0. The summed E-state index contributed by atoms with van der Waals surface area (Å²) < 4.78 is 0. The maximum atomic E-state index is 12.2. The van der Waals surface area contributed by atoms with E-state index in [1.54, 1.807) is 18.5 Å². The van der Waals surface area contributed by atoms with E-state index in [1.807, 2.05) is 36.5 Å². The van der Waals surface area contributed by atoms with Gasteiger partial charge >= 0.3 is 0 Å². The molecule has 5 nitrogen and oxygen atoms in total. The average molecular weight is 316 g/mol. The van der Waals surface area contributed by atoms with Gasteiger partial charge in [-0.05, 0) is 47.9 Å². The lowest BCUT2D eigenvalue weighted by molar-refractivity contribution is 1.03. The minimum Gasteiger partial charge on any atom is -0.346 e. The Hall–Kier alpha value is -3.21. The molecule has 0 saturated carbocycles. The number of nitrogens with one attached hydrogen (secondary N) is 2. The molecule has 0 fully saturated rings. The van der Waals surface area contributed by atoms with Crippen LogP contribution in [0.3, 0.4) is 0 Å². The highest BCUT2D eigenvalue weighted by Crippen LogP contribution is 2.28. The zero-order chi connectivity index (χ0) is 16.5. The number of hydrogen-bond donors (Lipinski definition) is 2. The monoisotopic (exact) mass is 316 g/mol. The van der Waals surface area contributed by atoms with Crippen LogP contribution in [0, 0.1) is 0 Å². The van der Waals surface area contributed by atoms with E-state index in [0.29, 0.717) is 0 Å². The first-order chi connectivity index (χ1) is 11.7. The van der Waals surface area contributed by atoms with Crippen molar-refractivity contribution in [1.29, 1.82) is 0 Å². The number of nitrogens with zero attached hydrogens (tertiary/aromatic N) is 2. The van der Waals surface area contributed by atoms with Crippen LogP contribution < -0.4 is 5.56 Å². The maximum Gasteiger partial charge on any atom is 0.249 e. The van der Waals surface area contributed by atoms with Gasteiger partial charge in [-0.15, -0.1) is 0 Å². The predicted octanol–water partition coefficient (Wildman–Crippen LogP) is 3.54. The maximum absolute atomic E-state index is 12.2. The Balaban J connectivity index is 1.91. The molecule has 0 radical (unpaired) electrons. The molecule has 4 heterocycles. The minimum atomic E-state index is -0.127. The molecule has 0 unspecified atom stereocenters. The van der Waals surface area contributed by atoms with Gasteiger partial charge in [0.05, 0.1) is 0 Å². The van der Waals surface area contributed by atoms with Crippen molar-refractivity contribution < 1.29 is 0 Å². The van der Waals surface area contributed by atoms with Gasteiger partial charge in [0.2, 0.25) is 5.56 Å². The molecule has 0 aliphatic carbocycles. The normalized spacial score (nSPS) is 11.0. The molecule has 0 spiro atoms. The summed E-state index contributed by atoms with van der Waals surface area (Å²) in [6.45, 7) is 2.06. The Morgan fingerprint density at radius 3 is 2.75 bits per heavy atom. The number of H-pyrrole nitrogens is 2. The highest BCUT2D eigenvalue weighted by atomic mass is 16.1. The molecule has 4 rings (SSSR count). The van der Waals surface area contributed by atoms with Gasteiger partial charge in [0.25, 0.3) is 0 Å². The van der Waals surface area contributed by atoms with Crippen LogP contribution in [0.25, 0.3) is 33.4 Å². The lowest BCUT2D eigenvalue weighted by Crippen LogP contribution is -2.06. The van der Waals surface area contributed by atoms with Crippen LogP contribution in [-0.4, -0.2) is 19.9 Å². The topological polar surface area (TPSA) is 74.4 Å². The van der Waals surface area contributed by atoms with E-state index in [4.69, 9.17) is 0 Å². The fraction of sp³-hybridized carbons (Fsp3) is 0.105. The SMILES string of the molecule is CCc1cc(-c2cc(-c3ccnc4[nH]ccc34)cc(=O)[nH]2)ccn1. The Labute approximate surface area is 138 Å². The summed E-state index contributed by atoms with van der Waals surface area (Å²) in [5.41, 5.74) is 5.28. The van der Waals surface area contributed by atoms with Gasteiger partial charge in [0.15, 0.2) is 0 Å². The Bertz CT molecular complexity index is 1080. The number of pyridine rings is 3. The van der Waals surface area contributed by atoms with Crippen LogP contribution >= 0.6 is 0 Å². The van der Waals surface area contributed by atoms with Crippen LogP contribution in [0.15, 0.2) is 59.8 Å². The van der Waals surface area contributed by atoms with Crippen molar-refractivity contribution in [2.24, 2.45) is 0 Å². The molecule has 4 aromatic rings. The summed E-state index contributed by atoms with van der Waals surface area (Å²) in [4.78, 5) is 26.8. The van der Waals surface area contributed by atoms with E-state index in [0.717, 1.165) is 45.5 Å². The van der Waals surface area contributed by atoms with Crippen molar-refractivity contribution in [1.82, 2.24) is 19.9 Å². The average Bonchev–Trinajstić information content (AvgIpc) is 3.10. The van der Waals surface area contributed by atoms with Crippen LogP contribution in [-0.2, 0) is 6.42 Å². The zero-order valence-corrected chi connectivity index (χ0v) is 13.2. The standard InChI is InChI=1S/C19H16N4O/c1-2-14-9-12(3-6-20-14)17-10-13(11-18(24)23-17)15-4-7-21-19-16(15)5-8-22-19/h3-11H,2H2,1H3,(H,21,22)(H,23,24). The molecule has 2 N–H and O–H groups in total. The third-order valence-electron chi connectivity index (χ3n) is 4.11. The van der Waals surface area contributed by atoms with Gasteiger partial charge in [0, 0.05) is 47.0 Å². The van der Waals surface area contributed by atoms with Crippen LogP contribution in [0.1, 0.15) is 12.6 Å². The van der Waals surface area contributed by atoms with Crippen LogP contribution in [0.5, 0.6) is 0 Å². The van der Waals surface area contributed by atoms with Crippen LogP contribution in [0.4, 0.5) is 0 Å². The molecule has 0 bridgehead atoms. The molecule has 0 amide bonds. The predicted molar refractivity (Wildman–Crippen MR) is 94.8 cm³/mol. The third-order valence-corrected chi connectivity index (χ3v) is 4.11. The summed E-state index contributed by atoms with van der Waals surface area (Å²) in [5.74, 6) is 0. The fourth-order valence-corrected chi connectivity index (χ4v) is 2.91. The molecule has 0 saturated heterocycles. The second-order valence-corrected chi connectivity index (χ2v) is 5.63. The van der Waals surface area contributed by atoms with Crippen molar-refractivity contribution >= 4 is 11.0 Å². The molecule has 0 atom stereocenters. The van der Waals surface area contributed by atoms with Crippen molar-refractivity contribution in [3.8, 4) is 22.4 Å². The molecule has 0 aromatic carbocycles. The third kappa shape index (κ3) is 2.50. The van der Waals surface area contributed by atoms with Crippen molar-refractivity contribution in [3.05, 3.63) is 71.0 Å². The van der Waals surface area contributed by atoms with Crippen LogP contribution in [0.2, 0.25) is 0 Å². The number of aromatic nitrogens is 4. The first-order valence-electron chi connectivity index (χ1n) is 7.87. The smallest absolute Gasteiger partial charge is 0.249 e. The van der Waals surface area contributed by atoms with E-state index < -0.39 is 0 Å². The molecule has 24 heavy (non-hydrogen) atoms. The summed E-state index contributed by atoms with van der Waals surface area (Å²) in [6, 6.07) is 11.4. The molecular formula is C19H16N4O. The molecule has 0 aliphatic rings. The van der Waals surface area contributed by atoms with E-state index in [-0.39, 0.29) is 5.56 Å². The fourth-order valence-electron chi connectivity index (χ4n) is 2.91. The second-order valence-electron chi connectivity index (χ2n) is 5.63. The number of fused-ring (bicyclic) bond motifs is 1. The van der Waals surface area contributed by atoms with Crippen molar-refractivity contribution in [3.63, 3.8) is 0 Å². The molecule has 4 aromatic heterocycles. The van der Waals surface area contributed by atoms with E-state index >= 15 is 0 Å². The number of aryl methyl sites for hydroxylation is 1. The quantitative estimate of drug-likeness (QED) is 0.607. The Morgan fingerprint density at radius 1 is 1.00 bits per heavy atom. The van der Waals surface area contributed by atoms with E-state index in [9.17, 15) is 4.79 Å². The first-order valence-corrected chi connectivity index (χ1v) is 7.87. The molecule has 0 aliphatic heterocycles. The first kappa shape index (κ1) is 14.4. The largest absolute Gasteiger partial charge is 0.346 e. The minimum absolute atomic E-state index is 0.127. The highest BCUT2D eigenvalue weighted by molar-refractivity contribution is 5.93. The molecule has 5 heteroatoms. The lowest BCUT2D eigenvalue weighted by Gasteiger charge is -2.08. The Kier molecular flexibility index (Phi) is 3.46. The molecule has 118 valence electrons. The highest BCUT2D eigenvalue weighted by Gasteiger charge is 2.09. The number of aromatic amines is 2. The van der Waals surface area contributed by atoms with Crippen molar-refractivity contribution in [2.75, 3.05) is 0 Å². The van der Waals surface area contributed by atoms with Gasteiger partial charge in [-0.1, -0.05) is 6.92 Å². The summed E-state index contributed by atoms with van der Waals surface area (Å²) >= 11 is 0. The van der Waals surface area contributed by atoms with E-state index in [2.05, 4.69) is 26.9 Å². The number of hydrogen-bond acceptors (Lipinski definition) is 3. The van der Waals surface area contributed by atoms with Gasteiger partial charge in [0.1, 0.15) is 5.65 Å². The van der Waals surface area contributed by atoms with Crippen molar-refractivity contribution in [2.45, 2.75) is 13.3 Å². The Morgan fingerprint density at radius 2 is 1.88 bits per heavy atom. The van der Waals surface area contributed by atoms with Gasteiger partial charge in [-0.25, -0.2) is 4.98 Å². The zero-order valence-electron chi connectivity index (χ0n) is 13.2. The van der Waals surface area contributed by atoms with Gasteiger partial charge in [-0.2, -0.15) is 0 Å². The number of rotatable bonds is 3. The summed E-state index contributed by atoms with van der Waals surface area (Å²) in [6.07, 6.45) is 6.23. The second kappa shape index (κ2) is 5.77. The van der Waals surface area contributed by atoms with Gasteiger partial charge in [-0.3, -0.25) is 9.78 Å². The summed E-state index contributed by atoms with van der Waals surface area (Å²) in [5, 5.41) is 0.998.